The Labute approximate surface area is 168 Å². The smallest absolute Gasteiger partial charge is 0.276 e. The van der Waals surface area contributed by atoms with Crippen LogP contribution in [0.5, 0.6) is 11.5 Å². The Morgan fingerprint density at radius 3 is 2.69 bits per heavy atom. The highest BCUT2D eigenvalue weighted by Gasteiger charge is 2.29. The molecule has 0 saturated heterocycles. The summed E-state index contributed by atoms with van der Waals surface area (Å²) in [7, 11) is 0. The zero-order valence-electron chi connectivity index (χ0n) is 16.0. The summed E-state index contributed by atoms with van der Waals surface area (Å²) in [6, 6.07) is 15.7. The van der Waals surface area contributed by atoms with Crippen LogP contribution in [0.3, 0.4) is 0 Å². The second-order valence-electron chi connectivity index (χ2n) is 7.44. The van der Waals surface area contributed by atoms with Gasteiger partial charge in [-0.3, -0.25) is 4.79 Å². The number of nitrogens with zero attached hydrogens (tertiary/aromatic N) is 4. The Morgan fingerprint density at radius 2 is 1.86 bits per heavy atom. The molecule has 0 bridgehead atoms. The number of ether oxygens (including phenoxy) is 2. The van der Waals surface area contributed by atoms with E-state index in [2.05, 4.69) is 10.3 Å². The molecular weight excluding hydrogens is 368 g/mol. The van der Waals surface area contributed by atoms with Crippen molar-refractivity contribution in [1.82, 2.24) is 19.9 Å². The highest BCUT2D eigenvalue weighted by Crippen LogP contribution is 2.34. The number of amides is 1. The lowest BCUT2D eigenvalue weighted by atomic mass is 10.1. The van der Waals surface area contributed by atoms with Crippen LogP contribution in [0, 0.1) is 0 Å². The van der Waals surface area contributed by atoms with Crippen LogP contribution >= 0.6 is 0 Å². The number of hydrogen-bond donors (Lipinski definition) is 0. The molecule has 0 radical (unpaired) electrons. The lowest BCUT2D eigenvalue weighted by Crippen LogP contribution is -2.38. The van der Waals surface area contributed by atoms with Crippen molar-refractivity contribution >= 4 is 5.91 Å². The number of para-hydroxylation sites is 1. The molecule has 0 spiro atoms. The summed E-state index contributed by atoms with van der Waals surface area (Å²) in [5, 5.41) is 8.31. The van der Waals surface area contributed by atoms with Crippen LogP contribution in [0.1, 0.15) is 41.7 Å². The summed E-state index contributed by atoms with van der Waals surface area (Å²) in [4.78, 5) is 15.3. The van der Waals surface area contributed by atoms with Gasteiger partial charge in [0.1, 0.15) is 0 Å². The van der Waals surface area contributed by atoms with Gasteiger partial charge in [0, 0.05) is 12.6 Å². The van der Waals surface area contributed by atoms with Gasteiger partial charge in [0.25, 0.3) is 5.91 Å². The van der Waals surface area contributed by atoms with Crippen molar-refractivity contribution in [3.8, 4) is 17.2 Å². The molecular formula is C22H22N4O3. The molecule has 148 valence electrons. The normalized spacial score (nSPS) is 15.6. The quantitative estimate of drug-likeness (QED) is 0.666. The van der Waals surface area contributed by atoms with Gasteiger partial charge in [-0.25, -0.2) is 4.68 Å². The van der Waals surface area contributed by atoms with Crippen LogP contribution in [-0.4, -0.2) is 38.6 Å². The summed E-state index contributed by atoms with van der Waals surface area (Å²) in [6.07, 6.45) is 6.03. The summed E-state index contributed by atoms with van der Waals surface area (Å²) < 4.78 is 12.5. The number of benzene rings is 2. The molecule has 1 aliphatic heterocycles. The van der Waals surface area contributed by atoms with Crippen molar-refractivity contribution in [2.24, 2.45) is 0 Å². The molecule has 1 aliphatic carbocycles. The molecule has 29 heavy (non-hydrogen) atoms. The van der Waals surface area contributed by atoms with E-state index in [0.717, 1.165) is 48.4 Å². The maximum absolute atomic E-state index is 13.4. The van der Waals surface area contributed by atoms with Gasteiger partial charge < -0.3 is 14.4 Å². The molecule has 1 aromatic heterocycles. The van der Waals surface area contributed by atoms with Gasteiger partial charge in [-0.05, 0) is 42.7 Å². The molecule has 1 amide bonds. The molecule has 1 fully saturated rings. The average molecular weight is 390 g/mol. The third-order valence-electron chi connectivity index (χ3n) is 5.55. The van der Waals surface area contributed by atoms with Gasteiger partial charge in [-0.1, -0.05) is 42.3 Å². The summed E-state index contributed by atoms with van der Waals surface area (Å²) in [6.45, 7) is 0.755. The first-order chi connectivity index (χ1) is 14.3. The van der Waals surface area contributed by atoms with E-state index in [1.54, 1.807) is 10.9 Å². The molecule has 7 heteroatoms. The monoisotopic (exact) mass is 390 g/mol. The van der Waals surface area contributed by atoms with Gasteiger partial charge >= 0.3 is 0 Å². The van der Waals surface area contributed by atoms with E-state index < -0.39 is 0 Å². The van der Waals surface area contributed by atoms with Crippen molar-refractivity contribution in [3.63, 3.8) is 0 Å². The van der Waals surface area contributed by atoms with E-state index in [1.165, 1.54) is 0 Å². The van der Waals surface area contributed by atoms with Gasteiger partial charge in [-0.15, -0.1) is 5.10 Å². The molecule has 0 unspecified atom stereocenters. The van der Waals surface area contributed by atoms with Crippen LogP contribution in [0.4, 0.5) is 0 Å². The van der Waals surface area contributed by atoms with E-state index in [4.69, 9.17) is 9.47 Å². The van der Waals surface area contributed by atoms with Crippen molar-refractivity contribution < 1.29 is 14.3 Å². The first-order valence-electron chi connectivity index (χ1n) is 9.95. The lowest BCUT2D eigenvalue weighted by Gasteiger charge is -2.28. The largest absolute Gasteiger partial charge is 0.454 e. The zero-order chi connectivity index (χ0) is 19.6. The van der Waals surface area contributed by atoms with E-state index in [9.17, 15) is 4.79 Å². The van der Waals surface area contributed by atoms with Gasteiger partial charge in [0.05, 0.1) is 11.9 Å². The maximum atomic E-state index is 13.4. The Kier molecular flexibility index (Phi) is 4.63. The Morgan fingerprint density at radius 1 is 1.07 bits per heavy atom. The van der Waals surface area contributed by atoms with E-state index in [0.29, 0.717) is 12.2 Å². The fraction of sp³-hybridized carbons (Fsp3) is 0.318. The standard InChI is InChI=1S/C22H22N4O3/c27-22(19-14-26(24-23-19)18-8-2-1-3-9-18)25(17-6-4-5-7-17)13-16-10-11-20-21(12-16)29-15-28-20/h1-3,8-12,14,17H,4-7,13,15H2. The minimum Gasteiger partial charge on any atom is -0.454 e. The number of aromatic nitrogens is 3. The van der Waals surface area contributed by atoms with Crippen molar-refractivity contribution in [2.45, 2.75) is 38.3 Å². The Bertz CT molecular complexity index is 1010. The van der Waals surface area contributed by atoms with Crippen molar-refractivity contribution in [1.29, 1.82) is 0 Å². The predicted molar refractivity (Wildman–Crippen MR) is 106 cm³/mol. The third-order valence-corrected chi connectivity index (χ3v) is 5.55. The summed E-state index contributed by atoms with van der Waals surface area (Å²) >= 11 is 0. The van der Waals surface area contributed by atoms with Crippen LogP contribution in [0.25, 0.3) is 5.69 Å². The number of rotatable bonds is 5. The molecule has 5 rings (SSSR count). The Balaban J connectivity index is 1.41. The van der Waals surface area contributed by atoms with Gasteiger partial charge in [0.15, 0.2) is 17.2 Å². The van der Waals surface area contributed by atoms with E-state index >= 15 is 0 Å². The number of hydrogen-bond acceptors (Lipinski definition) is 5. The van der Waals surface area contributed by atoms with Crippen LogP contribution in [-0.2, 0) is 6.54 Å². The van der Waals surface area contributed by atoms with Crippen LogP contribution in [0.15, 0.2) is 54.7 Å². The summed E-state index contributed by atoms with van der Waals surface area (Å²) in [5.41, 5.74) is 2.26. The van der Waals surface area contributed by atoms with Gasteiger partial charge in [0.2, 0.25) is 6.79 Å². The lowest BCUT2D eigenvalue weighted by molar-refractivity contribution is 0.0658. The SMILES string of the molecule is O=C(c1cn(-c2ccccc2)nn1)N(Cc1ccc2c(c1)OCO2)C1CCCC1. The van der Waals surface area contributed by atoms with Crippen molar-refractivity contribution in [2.75, 3.05) is 6.79 Å². The highest BCUT2D eigenvalue weighted by molar-refractivity contribution is 5.92. The zero-order valence-corrected chi connectivity index (χ0v) is 16.0. The minimum atomic E-state index is -0.0863. The molecule has 2 aliphatic rings. The highest BCUT2D eigenvalue weighted by atomic mass is 16.7. The van der Waals surface area contributed by atoms with E-state index in [1.807, 2.05) is 53.4 Å². The molecule has 2 heterocycles. The first-order valence-corrected chi connectivity index (χ1v) is 9.95. The molecule has 0 atom stereocenters. The van der Waals surface area contributed by atoms with Gasteiger partial charge in [-0.2, -0.15) is 0 Å². The van der Waals surface area contributed by atoms with Crippen LogP contribution < -0.4 is 9.47 Å². The van der Waals surface area contributed by atoms with Crippen molar-refractivity contribution in [3.05, 3.63) is 66.0 Å². The fourth-order valence-corrected chi connectivity index (χ4v) is 4.03. The van der Waals surface area contributed by atoms with Crippen LogP contribution in [0.2, 0.25) is 0 Å². The maximum Gasteiger partial charge on any atom is 0.276 e. The molecule has 3 aromatic rings. The summed E-state index contributed by atoms with van der Waals surface area (Å²) in [5.74, 6) is 1.39. The molecule has 2 aromatic carbocycles. The number of fused-ring (bicyclic) bond motifs is 1. The first kappa shape index (κ1) is 17.7. The molecule has 1 saturated carbocycles. The number of carbonyl (C=O) groups excluding carboxylic acids is 1. The topological polar surface area (TPSA) is 69.5 Å². The fourth-order valence-electron chi connectivity index (χ4n) is 4.03. The average Bonchev–Trinajstić information content (AvgIpc) is 3.53. The second-order valence-corrected chi connectivity index (χ2v) is 7.44. The number of carbonyl (C=O) groups is 1. The molecule has 0 N–H and O–H groups in total. The third kappa shape index (κ3) is 3.55. The predicted octanol–water partition coefficient (Wildman–Crippen LogP) is 3.58. The molecule has 7 nitrogen and oxygen atoms in total. The minimum absolute atomic E-state index is 0.0863. The second kappa shape index (κ2) is 7.58. The Hall–Kier alpha value is -3.35. The van der Waals surface area contributed by atoms with E-state index in [-0.39, 0.29) is 18.7 Å².